The number of anilines is 2. The van der Waals surface area contributed by atoms with Gasteiger partial charge in [-0.1, -0.05) is 28.1 Å². The first-order valence-corrected chi connectivity index (χ1v) is 7.94. The highest BCUT2D eigenvalue weighted by atomic mass is 79.9. The van der Waals surface area contributed by atoms with E-state index in [4.69, 9.17) is 4.74 Å². The van der Waals surface area contributed by atoms with Gasteiger partial charge in [0, 0.05) is 10.2 Å². The summed E-state index contributed by atoms with van der Waals surface area (Å²) in [6, 6.07) is 14.7. The van der Waals surface area contributed by atoms with Crippen molar-refractivity contribution in [1.82, 2.24) is 0 Å². The first kappa shape index (κ1) is 16.4. The van der Waals surface area contributed by atoms with Crippen LogP contribution in [-0.2, 0) is 4.79 Å². The summed E-state index contributed by atoms with van der Waals surface area (Å²) >= 11 is 3.39. The molecule has 0 saturated carbocycles. The highest BCUT2D eigenvalue weighted by molar-refractivity contribution is 9.10. The molecule has 0 aromatic heterocycles. The SMILES string of the molecule is CCOc1ccccc1NC(=O)[C@@H](C)Nc1ccc(Br)cc1. The van der Waals surface area contributed by atoms with Gasteiger partial charge in [0.2, 0.25) is 5.91 Å². The van der Waals surface area contributed by atoms with Crippen LogP contribution in [0.2, 0.25) is 0 Å². The van der Waals surface area contributed by atoms with Gasteiger partial charge in [-0.2, -0.15) is 0 Å². The minimum atomic E-state index is -0.365. The third-order valence-corrected chi connectivity index (χ3v) is 3.59. The van der Waals surface area contributed by atoms with E-state index in [1.165, 1.54) is 0 Å². The molecule has 2 rings (SSSR count). The average Bonchev–Trinajstić information content (AvgIpc) is 2.51. The number of carbonyl (C=O) groups is 1. The van der Waals surface area contributed by atoms with Gasteiger partial charge in [0.25, 0.3) is 0 Å². The molecule has 22 heavy (non-hydrogen) atoms. The molecule has 0 aliphatic carbocycles. The molecule has 4 nitrogen and oxygen atoms in total. The average molecular weight is 363 g/mol. The third kappa shape index (κ3) is 4.49. The topological polar surface area (TPSA) is 50.4 Å². The van der Waals surface area contributed by atoms with Gasteiger partial charge in [-0.15, -0.1) is 0 Å². The van der Waals surface area contributed by atoms with Gasteiger partial charge in [0.1, 0.15) is 11.8 Å². The van der Waals surface area contributed by atoms with Crippen molar-refractivity contribution in [3.63, 3.8) is 0 Å². The van der Waals surface area contributed by atoms with E-state index in [1.54, 1.807) is 0 Å². The zero-order valence-corrected chi connectivity index (χ0v) is 14.2. The van der Waals surface area contributed by atoms with E-state index in [9.17, 15) is 4.79 Å². The van der Waals surface area contributed by atoms with Gasteiger partial charge in [0.15, 0.2) is 0 Å². The fraction of sp³-hybridized carbons (Fsp3) is 0.235. The summed E-state index contributed by atoms with van der Waals surface area (Å²) in [5, 5.41) is 6.06. The molecule has 5 heteroatoms. The molecule has 0 aliphatic rings. The van der Waals surface area contributed by atoms with Crippen molar-refractivity contribution in [3.8, 4) is 5.75 Å². The van der Waals surface area contributed by atoms with E-state index in [0.29, 0.717) is 18.0 Å². The zero-order chi connectivity index (χ0) is 15.9. The molecule has 1 atom stereocenters. The molecule has 0 heterocycles. The number of carbonyl (C=O) groups excluding carboxylic acids is 1. The maximum absolute atomic E-state index is 12.3. The number of rotatable bonds is 6. The Balaban J connectivity index is 2.01. The Bertz CT molecular complexity index is 629. The Morgan fingerprint density at radius 1 is 1.18 bits per heavy atom. The minimum absolute atomic E-state index is 0.116. The van der Waals surface area contributed by atoms with E-state index in [2.05, 4.69) is 26.6 Å². The molecule has 0 aliphatic heterocycles. The summed E-state index contributed by atoms with van der Waals surface area (Å²) in [5.74, 6) is 0.560. The summed E-state index contributed by atoms with van der Waals surface area (Å²) < 4.78 is 6.51. The number of ether oxygens (including phenoxy) is 1. The standard InChI is InChI=1S/C17H19BrN2O2/c1-3-22-16-7-5-4-6-15(16)20-17(21)12(2)19-14-10-8-13(18)9-11-14/h4-12,19H,3H2,1-2H3,(H,20,21)/t12-/m1/s1. The van der Waals surface area contributed by atoms with Gasteiger partial charge in [0.05, 0.1) is 12.3 Å². The molecule has 0 fully saturated rings. The fourth-order valence-corrected chi connectivity index (χ4v) is 2.22. The second-order valence-corrected chi connectivity index (χ2v) is 5.71. The Morgan fingerprint density at radius 3 is 2.55 bits per heavy atom. The molecule has 0 unspecified atom stereocenters. The van der Waals surface area contributed by atoms with Crippen molar-refractivity contribution >= 4 is 33.2 Å². The lowest BCUT2D eigenvalue weighted by Gasteiger charge is -2.17. The first-order chi connectivity index (χ1) is 10.6. The van der Waals surface area contributed by atoms with E-state index in [1.807, 2.05) is 62.4 Å². The van der Waals surface area contributed by atoms with Gasteiger partial charge in [-0.05, 0) is 50.2 Å². The van der Waals surface area contributed by atoms with Crippen LogP contribution in [0.1, 0.15) is 13.8 Å². The minimum Gasteiger partial charge on any atom is -0.492 e. The molecule has 2 aromatic rings. The van der Waals surface area contributed by atoms with E-state index in [0.717, 1.165) is 10.2 Å². The van der Waals surface area contributed by atoms with Crippen molar-refractivity contribution in [2.45, 2.75) is 19.9 Å². The quantitative estimate of drug-likeness (QED) is 0.805. The van der Waals surface area contributed by atoms with E-state index >= 15 is 0 Å². The van der Waals surface area contributed by atoms with Crippen LogP contribution in [0.3, 0.4) is 0 Å². The van der Waals surface area contributed by atoms with Crippen LogP contribution in [0.4, 0.5) is 11.4 Å². The normalized spacial score (nSPS) is 11.6. The lowest BCUT2D eigenvalue weighted by molar-refractivity contribution is -0.116. The predicted octanol–water partition coefficient (Wildman–Crippen LogP) is 4.29. The van der Waals surface area contributed by atoms with Crippen molar-refractivity contribution < 1.29 is 9.53 Å². The fourth-order valence-electron chi connectivity index (χ4n) is 1.95. The van der Waals surface area contributed by atoms with Crippen LogP contribution in [-0.4, -0.2) is 18.6 Å². The summed E-state index contributed by atoms with van der Waals surface area (Å²) in [7, 11) is 0. The lowest BCUT2D eigenvalue weighted by atomic mass is 10.2. The summed E-state index contributed by atoms with van der Waals surface area (Å²) in [4.78, 5) is 12.3. The predicted molar refractivity (Wildman–Crippen MR) is 93.5 cm³/mol. The van der Waals surface area contributed by atoms with Crippen molar-refractivity contribution in [1.29, 1.82) is 0 Å². The van der Waals surface area contributed by atoms with Crippen LogP contribution in [0.25, 0.3) is 0 Å². The van der Waals surface area contributed by atoms with Crippen molar-refractivity contribution in [2.75, 3.05) is 17.2 Å². The second kappa shape index (κ2) is 7.84. The Hall–Kier alpha value is -2.01. The number of hydrogen-bond acceptors (Lipinski definition) is 3. The first-order valence-electron chi connectivity index (χ1n) is 7.15. The summed E-state index contributed by atoms with van der Waals surface area (Å²) in [6.07, 6.45) is 0. The van der Waals surface area contributed by atoms with Crippen LogP contribution in [0, 0.1) is 0 Å². The molecule has 0 radical (unpaired) electrons. The maximum atomic E-state index is 12.3. The van der Waals surface area contributed by atoms with Crippen molar-refractivity contribution in [2.24, 2.45) is 0 Å². The Morgan fingerprint density at radius 2 is 1.86 bits per heavy atom. The van der Waals surface area contributed by atoms with Gasteiger partial charge >= 0.3 is 0 Å². The highest BCUT2D eigenvalue weighted by Gasteiger charge is 2.14. The second-order valence-electron chi connectivity index (χ2n) is 4.79. The molecule has 1 amide bonds. The van der Waals surface area contributed by atoms with Crippen LogP contribution >= 0.6 is 15.9 Å². The number of para-hydroxylation sites is 2. The Kier molecular flexibility index (Phi) is 5.83. The number of hydrogen-bond donors (Lipinski definition) is 2. The number of amides is 1. The van der Waals surface area contributed by atoms with E-state index < -0.39 is 0 Å². The molecule has 0 saturated heterocycles. The summed E-state index contributed by atoms with van der Waals surface area (Å²) in [5.41, 5.74) is 1.57. The van der Waals surface area contributed by atoms with Crippen LogP contribution in [0.15, 0.2) is 53.0 Å². The maximum Gasteiger partial charge on any atom is 0.246 e. The zero-order valence-electron chi connectivity index (χ0n) is 12.6. The van der Waals surface area contributed by atoms with Gasteiger partial charge in [-0.25, -0.2) is 0 Å². The summed E-state index contributed by atoms with van der Waals surface area (Å²) in [6.45, 7) is 4.29. The monoisotopic (exact) mass is 362 g/mol. The number of benzene rings is 2. The largest absolute Gasteiger partial charge is 0.492 e. The van der Waals surface area contributed by atoms with Crippen molar-refractivity contribution in [3.05, 3.63) is 53.0 Å². The molecule has 0 bridgehead atoms. The Labute approximate surface area is 139 Å². The molecule has 2 aromatic carbocycles. The van der Waals surface area contributed by atoms with Gasteiger partial charge in [-0.3, -0.25) is 4.79 Å². The molecule has 116 valence electrons. The lowest BCUT2D eigenvalue weighted by Crippen LogP contribution is -2.32. The van der Waals surface area contributed by atoms with Crippen LogP contribution in [0.5, 0.6) is 5.75 Å². The molecule has 2 N–H and O–H groups in total. The van der Waals surface area contributed by atoms with Crippen LogP contribution < -0.4 is 15.4 Å². The molecular formula is C17H19BrN2O2. The number of halogens is 1. The molecular weight excluding hydrogens is 344 g/mol. The van der Waals surface area contributed by atoms with Gasteiger partial charge < -0.3 is 15.4 Å². The molecule has 0 spiro atoms. The highest BCUT2D eigenvalue weighted by Crippen LogP contribution is 2.24. The number of nitrogens with one attached hydrogen (secondary N) is 2. The third-order valence-electron chi connectivity index (χ3n) is 3.07. The van der Waals surface area contributed by atoms with E-state index in [-0.39, 0.29) is 11.9 Å². The smallest absolute Gasteiger partial charge is 0.246 e.